The van der Waals surface area contributed by atoms with Crippen molar-refractivity contribution >= 4 is 0 Å². The molecule has 6 heteroatoms. The molecule has 0 radical (unpaired) electrons. The maximum atomic E-state index is 6.09. The van der Waals surface area contributed by atoms with Crippen LogP contribution in [0.1, 0.15) is 44.1 Å². The molecule has 0 aromatic carbocycles. The maximum absolute atomic E-state index is 6.09. The molecule has 6 nitrogen and oxygen atoms in total. The highest BCUT2D eigenvalue weighted by atomic mass is 16.5. The van der Waals surface area contributed by atoms with Crippen LogP contribution in [0.15, 0.2) is 22.9 Å². The van der Waals surface area contributed by atoms with Gasteiger partial charge < -0.3 is 15.0 Å². The van der Waals surface area contributed by atoms with Crippen LogP contribution in [0.2, 0.25) is 0 Å². The van der Waals surface area contributed by atoms with Crippen LogP contribution in [0.3, 0.4) is 0 Å². The molecule has 0 aliphatic heterocycles. The van der Waals surface area contributed by atoms with Gasteiger partial charge in [0.05, 0.1) is 13.2 Å². The maximum Gasteiger partial charge on any atom is 0.244 e. The van der Waals surface area contributed by atoms with Crippen molar-refractivity contribution in [3.8, 4) is 5.88 Å². The first-order valence-electron chi connectivity index (χ1n) is 6.47. The van der Waals surface area contributed by atoms with Gasteiger partial charge in [-0.25, -0.2) is 4.98 Å². The second-order valence-corrected chi connectivity index (χ2v) is 5.78. The first-order valence-corrected chi connectivity index (χ1v) is 6.47. The van der Waals surface area contributed by atoms with E-state index in [1.54, 1.807) is 19.4 Å². The number of pyridine rings is 1. The molecule has 0 bridgehead atoms. The van der Waals surface area contributed by atoms with Gasteiger partial charge in [-0.3, -0.25) is 0 Å². The van der Waals surface area contributed by atoms with Crippen molar-refractivity contribution in [2.75, 3.05) is 7.11 Å². The fourth-order valence-corrected chi connectivity index (χ4v) is 1.65. The summed E-state index contributed by atoms with van der Waals surface area (Å²) in [5, 5.41) is 3.96. The molecule has 2 rings (SSSR count). The Balaban J connectivity index is 2.09. The van der Waals surface area contributed by atoms with Gasteiger partial charge in [0, 0.05) is 18.7 Å². The van der Waals surface area contributed by atoms with Gasteiger partial charge in [0.1, 0.15) is 0 Å². The van der Waals surface area contributed by atoms with Crippen molar-refractivity contribution in [2.24, 2.45) is 11.1 Å². The van der Waals surface area contributed by atoms with Crippen LogP contribution < -0.4 is 10.5 Å². The number of hydrogen-bond acceptors (Lipinski definition) is 6. The van der Waals surface area contributed by atoms with Gasteiger partial charge >= 0.3 is 0 Å². The molecule has 2 heterocycles. The van der Waals surface area contributed by atoms with Crippen molar-refractivity contribution in [1.29, 1.82) is 0 Å². The van der Waals surface area contributed by atoms with Crippen molar-refractivity contribution in [2.45, 2.75) is 33.2 Å². The molecule has 2 aromatic rings. The molecule has 2 aromatic heterocycles. The fraction of sp³-hybridized carbons (Fsp3) is 0.500. The lowest BCUT2D eigenvalue weighted by Gasteiger charge is -2.23. The van der Waals surface area contributed by atoms with Gasteiger partial charge in [-0.2, -0.15) is 4.98 Å². The number of methoxy groups -OCH3 is 1. The molecule has 108 valence electrons. The molecule has 0 aliphatic rings. The average molecular weight is 276 g/mol. The van der Waals surface area contributed by atoms with Crippen LogP contribution in [0.25, 0.3) is 0 Å². The summed E-state index contributed by atoms with van der Waals surface area (Å²) in [4.78, 5) is 8.49. The third kappa shape index (κ3) is 3.33. The summed E-state index contributed by atoms with van der Waals surface area (Å²) in [7, 11) is 1.58. The van der Waals surface area contributed by atoms with Crippen LogP contribution in [0, 0.1) is 5.41 Å². The van der Waals surface area contributed by atoms with Crippen molar-refractivity contribution in [3.63, 3.8) is 0 Å². The normalized spacial score (nSPS) is 13.2. The number of nitrogens with zero attached hydrogens (tertiary/aromatic N) is 3. The summed E-state index contributed by atoms with van der Waals surface area (Å²) < 4.78 is 10.3. The van der Waals surface area contributed by atoms with Gasteiger partial charge in [0.25, 0.3) is 0 Å². The number of aromatic nitrogens is 3. The molecular formula is C14H20N4O2. The minimum absolute atomic E-state index is 0.120. The van der Waals surface area contributed by atoms with Crippen LogP contribution in [0.4, 0.5) is 0 Å². The monoisotopic (exact) mass is 276 g/mol. The highest BCUT2D eigenvalue weighted by molar-refractivity contribution is 5.20. The van der Waals surface area contributed by atoms with Gasteiger partial charge in [-0.1, -0.05) is 32.0 Å². The summed E-state index contributed by atoms with van der Waals surface area (Å²) in [6.07, 6.45) is 2.29. The van der Waals surface area contributed by atoms with Crippen LogP contribution in [-0.2, 0) is 6.42 Å². The van der Waals surface area contributed by atoms with Crippen molar-refractivity contribution < 1.29 is 9.26 Å². The summed E-state index contributed by atoms with van der Waals surface area (Å²) in [5.74, 6) is 1.65. The third-order valence-corrected chi connectivity index (χ3v) is 3.05. The topological polar surface area (TPSA) is 87.1 Å². The lowest BCUT2D eigenvalue weighted by Crippen LogP contribution is -2.26. The van der Waals surface area contributed by atoms with Crippen LogP contribution in [-0.4, -0.2) is 22.2 Å². The molecule has 2 N–H and O–H groups in total. The zero-order chi connectivity index (χ0) is 14.8. The minimum Gasteiger partial charge on any atom is -0.481 e. The van der Waals surface area contributed by atoms with E-state index in [4.69, 9.17) is 15.0 Å². The molecule has 0 saturated carbocycles. The Morgan fingerprint density at radius 3 is 2.65 bits per heavy atom. The largest absolute Gasteiger partial charge is 0.481 e. The van der Waals surface area contributed by atoms with E-state index < -0.39 is 0 Å². The summed E-state index contributed by atoms with van der Waals surface area (Å²) in [6, 6.07) is 3.45. The molecular weight excluding hydrogens is 256 g/mol. The molecule has 0 spiro atoms. The SMILES string of the molecule is COc1ccc(Cc2noc(C(N)C(C)(C)C)n2)cn1. The van der Waals surface area contributed by atoms with Gasteiger partial charge in [0.15, 0.2) is 5.82 Å². The minimum atomic E-state index is -0.280. The zero-order valence-corrected chi connectivity index (χ0v) is 12.3. The summed E-state index contributed by atoms with van der Waals surface area (Å²) >= 11 is 0. The summed E-state index contributed by atoms with van der Waals surface area (Å²) in [5.41, 5.74) is 6.96. The Labute approximate surface area is 118 Å². The van der Waals surface area contributed by atoms with E-state index in [9.17, 15) is 0 Å². The number of nitrogens with two attached hydrogens (primary N) is 1. The molecule has 1 unspecified atom stereocenters. The van der Waals surface area contributed by atoms with E-state index in [-0.39, 0.29) is 11.5 Å². The Morgan fingerprint density at radius 2 is 2.10 bits per heavy atom. The second-order valence-electron chi connectivity index (χ2n) is 5.78. The molecule has 0 fully saturated rings. The predicted octanol–water partition coefficient (Wildman–Crippen LogP) is 2.11. The fourth-order valence-electron chi connectivity index (χ4n) is 1.65. The van der Waals surface area contributed by atoms with Gasteiger partial charge in [-0.05, 0) is 11.0 Å². The first kappa shape index (κ1) is 14.5. The van der Waals surface area contributed by atoms with Gasteiger partial charge in [0.2, 0.25) is 11.8 Å². The van der Waals surface area contributed by atoms with Gasteiger partial charge in [-0.15, -0.1) is 0 Å². The third-order valence-electron chi connectivity index (χ3n) is 3.05. The van der Waals surface area contributed by atoms with E-state index in [1.165, 1.54) is 0 Å². The Morgan fingerprint density at radius 1 is 1.35 bits per heavy atom. The molecule has 20 heavy (non-hydrogen) atoms. The second kappa shape index (κ2) is 5.58. The lowest BCUT2D eigenvalue weighted by atomic mass is 9.87. The van der Waals surface area contributed by atoms with E-state index in [0.29, 0.717) is 24.0 Å². The zero-order valence-electron chi connectivity index (χ0n) is 12.3. The summed E-state index contributed by atoms with van der Waals surface area (Å²) in [6.45, 7) is 6.11. The van der Waals surface area contributed by atoms with E-state index in [1.807, 2.05) is 26.8 Å². The average Bonchev–Trinajstić information content (AvgIpc) is 2.86. The standard InChI is InChI=1S/C14H20N4O2/c1-14(2,3)12(15)13-17-10(18-20-13)7-9-5-6-11(19-4)16-8-9/h5-6,8,12H,7,15H2,1-4H3. The number of rotatable bonds is 4. The van der Waals surface area contributed by atoms with Crippen LogP contribution >= 0.6 is 0 Å². The highest BCUT2D eigenvalue weighted by Gasteiger charge is 2.27. The Kier molecular flexibility index (Phi) is 4.04. The highest BCUT2D eigenvalue weighted by Crippen LogP contribution is 2.29. The molecule has 0 amide bonds. The predicted molar refractivity (Wildman–Crippen MR) is 74.3 cm³/mol. The number of hydrogen-bond donors (Lipinski definition) is 1. The quantitative estimate of drug-likeness (QED) is 0.920. The lowest BCUT2D eigenvalue weighted by molar-refractivity contribution is 0.252. The molecule has 0 aliphatic carbocycles. The van der Waals surface area contributed by atoms with E-state index >= 15 is 0 Å². The Bertz CT molecular complexity index is 557. The van der Waals surface area contributed by atoms with E-state index in [0.717, 1.165) is 5.56 Å². The Hall–Kier alpha value is -1.95. The molecule has 0 saturated heterocycles. The van der Waals surface area contributed by atoms with E-state index in [2.05, 4.69) is 15.1 Å². The number of ether oxygens (including phenoxy) is 1. The molecule has 1 atom stereocenters. The smallest absolute Gasteiger partial charge is 0.244 e. The van der Waals surface area contributed by atoms with Crippen molar-refractivity contribution in [3.05, 3.63) is 35.6 Å². The van der Waals surface area contributed by atoms with Crippen LogP contribution in [0.5, 0.6) is 5.88 Å². The van der Waals surface area contributed by atoms with Crippen molar-refractivity contribution in [1.82, 2.24) is 15.1 Å². The first-order chi connectivity index (χ1) is 9.40.